The van der Waals surface area contributed by atoms with E-state index in [2.05, 4.69) is 16.0 Å². The molecule has 0 bridgehead atoms. The molecule has 6 nitrogen and oxygen atoms in total. The number of amides is 1. The molecule has 4 rings (SSSR count). The lowest BCUT2D eigenvalue weighted by atomic mass is 10.0. The molecule has 0 N–H and O–H groups in total. The summed E-state index contributed by atoms with van der Waals surface area (Å²) < 4.78 is 5.01. The Balaban J connectivity index is 1.63. The number of benzene rings is 1. The number of anilines is 1. The summed E-state index contributed by atoms with van der Waals surface area (Å²) in [7, 11) is 0. The Morgan fingerprint density at radius 3 is 2.73 bits per heavy atom. The van der Waals surface area contributed by atoms with Gasteiger partial charge in [-0.3, -0.25) is 9.78 Å². The Bertz CT molecular complexity index is 997. The number of piperazine rings is 1. The molecule has 1 amide bonds. The zero-order valence-corrected chi connectivity index (χ0v) is 14.5. The number of hydrogen-bond acceptors (Lipinski definition) is 5. The topological polar surface area (TPSA) is 73.4 Å². The number of hydrogen-bond donors (Lipinski definition) is 0. The fourth-order valence-electron chi connectivity index (χ4n) is 3.48. The van der Waals surface area contributed by atoms with E-state index in [9.17, 15) is 10.1 Å². The predicted molar refractivity (Wildman–Crippen MR) is 98.0 cm³/mol. The monoisotopic (exact) mass is 346 g/mol. The Kier molecular flexibility index (Phi) is 4.05. The van der Waals surface area contributed by atoms with Crippen molar-refractivity contribution in [3.63, 3.8) is 0 Å². The number of furan rings is 1. The molecular formula is C20H18N4O2. The summed E-state index contributed by atoms with van der Waals surface area (Å²) in [6.45, 7) is 4.57. The van der Waals surface area contributed by atoms with Gasteiger partial charge in [-0.2, -0.15) is 5.26 Å². The Hall–Kier alpha value is -3.33. The van der Waals surface area contributed by atoms with Gasteiger partial charge in [0.2, 0.25) is 0 Å². The van der Waals surface area contributed by atoms with Crippen LogP contribution in [0.3, 0.4) is 0 Å². The van der Waals surface area contributed by atoms with Crippen molar-refractivity contribution in [1.82, 2.24) is 9.88 Å². The highest BCUT2D eigenvalue weighted by molar-refractivity contribution is 5.97. The molecule has 0 atom stereocenters. The van der Waals surface area contributed by atoms with Crippen molar-refractivity contribution >= 4 is 22.5 Å². The number of nitriles is 1. The highest BCUT2D eigenvalue weighted by Gasteiger charge is 2.25. The second-order valence-electron chi connectivity index (χ2n) is 6.39. The van der Waals surface area contributed by atoms with Gasteiger partial charge in [-0.25, -0.2) is 0 Å². The lowest BCUT2D eigenvalue weighted by Gasteiger charge is -2.36. The van der Waals surface area contributed by atoms with Crippen LogP contribution in [0.1, 0.15) is 21.5 Å². The van der Waals surface area contributed by atoms with E-state index >= 15 is 0 Å². The van der Waals surface area contributed by atoms with Gasteiger partial charge in [0.1, 0.15) is 12.3 Å². The average molecular weight is 346 g/mol. The summed E-state index contributed by atoms with van der Waals surface area (Å²) in [4.78, 5) is 20.9. The number of aryl methyl sites for hydroxylation is 1. The number of carbonyl (C=O) groups excluding carboxylic acids is 1. The third-order valence-corrected chi connectivity index (χ3v) is 4.84. The van der Waals surface area contributed by atoms with Gasteiger partial charge in [0.05, 0.1) is 28.6 Å². The summed E-state index contributed by atoms with van der Waals surface area (Å²) in [6, 6.07) is 9.96. The standard InChI is InChI=1S/C20H18N4O2/c1-14-3-2-4-17-18(14)22-12-16(11-21)19(17)23-6-8-24(9-7-23)20(25)15-5-10-26-13-15/h2-5,10,12-13H,6-9H2,1H3. The molecule has 6 heteroatoms. The van der Waals surface area contributed by atoms with E-state index in [-0.39, 0.29) is 5.91 Å². The third-order valence-electron chi connectivity index (χ3n) is 4.84. The molecule has 0 aliphatic carbocycles. The minimum Gasteiger partial charge on any atom is -0.472 e. The van der Waals surface area contributed by atoms with E-state index in [0.29, 0.717) is 37.3 Å². The van der Waals surface area contributed by atoms with E-state index in [1.54, 1.807) is 12.3 Å². The molecule has 1 aliphatic rings. The van der Waals surface area contributed by atoms with Gasteiger partial charge in [0, 0.05) is 37.8 Å². The van der Waals surface area contributed by atoms with Crippen LogP contribution >= 0.6 is 0 Å². The molecule has 3 heterocycles. The van der Waals surface area contributed by atoms with Crippen LogP contribution in [0.2, 0.25) is 0 Å². The molecule has 0 unspecified atom stereocenters. The van der Waals surface area contributed by atoms with Crippen molar-refractivity contribution in [3.05, 3.63) is 59.7 Å². The highest BCUT2D eigenvalue weighted by atomic mass is 16.3. The van der Waals surface area contributed by atoms with Crippen molar-refractivity contribution in [2.24, 2.45) is 0 Å². The van der Waals surface area contributed by atoms with E-state index in [1.807, 2.05) is 30.0 Å². The van der Waals surface area contributed by atoms with Gasteiger partial charge >= 0.3 is 0 Å². The largest absolute Gasteiger partial charge is 0.472 e. The molecule has 3 aromatic rings. The fraction of sp³-hybridized carbons (Fsp3) is 0.250. The van der Waals surface area contributed by atoms with E-state index < -0.39 is 0 Å². The highest BCUT2D eigenvalue weighted by Crippen LogP contribution is 2.31. The summed E-state index contributed by atoms with van der Waals surface area (Å²) in [5, 5.41) is 10.5. The second kappa shape index (κ2) is 6.52. The van der Waals surface area contributed by atoms with Crippen molar-refractivity contribution in [2.75, 3.05) is 31.1 Å². The van der Waals surface area contributed by atoms with Gasteiger partial charge in [-0.1, -0.05) is 18.2 Å². The minimum atomic E-state index is -0.0191. The zero-order chi connectivity index (χ0) is 18.1. The molecule has 1 aromatic carbocycles. The second-order valence-corrected chi connectivity index (χ2v) is 6.39. The van der Waals surface area contributed by atoms with Gasteiger partial charge in [0.15, 0.2) is 0 Å². The van der Waals surface area contributed by atoms with Crippen LogP contribution in [0.25, 0.3) is 10.9 Å². The fourth-order valence-corrected chi connectivity index (χ4v) is 3.48. The first-order valence-corrected chi connectivity index (χ1v) is 8.54. The summed E-state index contributed by atoms with van der Waals surface area (Å²) in [6.07, 6.45) is 4.63. The number of pyridine rings is 1. The first kappa shape index (κ1) is 16.2. The molecule has 1 aliphatic heterocycles. The maximum absolute atomic E-state index is 12.5. The maximum Gasteiger partial charge on any atom is 0.257 e. The van der Waals surface area contributed by atoms with Crippen LogP contribution in [0.15, 0.2) is 47.4 Å². The van der Waals surface area contributed by atoms with E-state index in [1.165, 1.54) is 12.5 Å². The zero-order valence-electron chi connectivity index (χ0n) is 14.5. The SMILES string of the molecule is Cc1cccc2c(N3CCN(C(=O)c4ccoc4)CC3)c(C#N)cnc12. The van der Waals surface area contributed by atoms with Crippen LogP contribution in [0.5, 0.6) is 0 Å². The number of carbonyl (C=O) groups is 1. The summed E-state index contributed by atoms with van der Waals surface area (Å²) in [5.41, 5.74) is 4.05. The van der Waals surface area contributed by atoms with Crippen LogP contribution in [-0.2, 0) is 0 Å². The first-order valence-electron chi connectivity index (χ1n) is 8.54. The molecule has 0 spiro atoms. The van der Waals surface area contributed by atoms with Crippen LogP contribution in [0, 0.1) is 18.3 Å². The number of nitrogens with zero attached hydrogens (tertiary/aromatic N) is 4. The molecule has 26 heavy (non-hydrogen) atoms. The first-order chi connectivity index (χ1) is 12.7. The lowest BCUT2D eigenvalue weighted by Crippen LogP contribution is -2.49. The molecule has 2 aromatic heterocycles. The predicted octanol–water partition coefficient (Wildman–Crippen LogP) is 2.97. The van der Waals surface area contributed by atoms with E-state index in [0.717, 1.165) is 22.2 Å². The molecule has 130 valence electrons. The van der Waals surface area contributed by atoms with Crippen molar-refractivity contribution in [1.29, 1.82) is 5.26 Å². The van der Waals surface area contributed by atoms with Gasteiger partial charge in [-0.15, -0.1) is 0 Å². The van der Waals surface area contributed by atoms with Crippen molar-refractivity contribution in [3.8, 4) is 6.07 Å². The Morgan fingerprint density at radius 1 is 1.23 bits per heavy atom. The quantitative estimate of drug-likeness (QED) is 0.713. The normalized spacial score (nSPS) is 14.5. The van der Waals surface area contributed by atoms with Crippen LogP contribution in [-0.4, -0.2) is 42.0 Å². The smallest absolute Gasteiger partial charge is 0.257 e. The summed E-state index contributed by atoms with van der Waals surface area (Å²) >= 11 is 0. The Morgan fingerprint density at radius 2 is 2.04 bits per heavy atom. The van der Waals surface area contributed by atoms with Gasteiger partial charge < -0.3 is 14.2 Å². The maximum atomic E-state index is 12.5. The van der Waals surface area contributed by atoms with Crippen molar-refractivity contribution < 1.29 is 9.21 Å². The number of rotatable bonds is 2. The number of fused-ring (bicyclic) bond motifs is 1. The number of para-hydroxylation sites is 1. The molecule has 1 fully saturated rings. The van der Waals surface area contributed by atoms with Gasteiger partial charge in [-0.05, 0) is 18.6 Å². The molecule has 0 saturated carbocycles. The third kappa shape index (κ3) is 2.68. The lowest BCUT2D eigenvalue weighted by molar-refractivity contribution is 0.0746. The summed E-state index contributed by atoms with van der Waals surface area (Å²) in [5.74, 6) is -0.0191. The number of aromatic nitrogens is 1. The average Bonchev–Trinajstić information content (AvgIpc) is 3.22. The van der Waals surface area contributed by atoms with E-state index in [4.69, 9.17) is 4.42 Å². The minimum absolute atomic E-state index is 0.0191. The van der Waals surface area contributed by atoms with Gasteiger partial charge in [0.25, 0.3) is 5.91 Å². The molecular weight excluding hydrogens is 328 g/mol. The Labute approximate surface area is 151 Å². The van der Waals surface area contributed by atoms with Crippen LogP contribution < -0.4 is 4.90 Å². The molecule has 0 radical (unpaired) electrons. The van der Waals surface area contributed by atoms with Crippen molar-refractivity contribution in [2.45, 2.75) is 6.92 Å². The van der Waals surface area contributed by atoms with Crippen LogP contribution in [0.4, 0.5) is 5.69 Å². The molecule has 1 saturated heterocycles.